The molecule has 1 aromatic carbocycles. The molecule has 0 saturated heterocycles. The summed E-state index contributed by atoms with van der Waals surface area (Å²) in [5.74, 6) is 0. The molecule has 0 spiro atoms. The van der Waals surface area contributed by atoms with Gasteiger partial charge in [-0.1, -0.05) is 29.4 Å². The van der Waals surface area contributed by atoms with Gasteiger partial charge in [-0.3, -0.25) is 4.98 Å². The van der Waals surface area contributed by atoms with Gasteiger partial charge in [-0.05, 0) is 11.5 Å². The maximum Gasteiger partial charge on any atom is 0.123 e. The second kappa shape index (κ2) is 3.31. The van der Waals surface area contributed by atoms with Crippen molar-refractivity contribution in [2.45, 2.75) is 6.54 Å². The van der Waals surface area contributed by atoms with Gasteiger partial charge >= 0.3 is 0 Å². The van der Waals surface area contributed by atoms with Gasteiger partial charge in [0.2, 0.25) is 0 Å². The minimum absolute atomic E-state index is 0.144. The molecule has 0 atom stereocenters. The van der Waals surface area contributed by atoms with Crippen LogP contribution in [0.3, 0.4) is 0 Å². The van der Waals surface area contributed by atoms with Crippen molar-refractivity contribution < 1.29 is 0 Å². The fourth-order valence-electron chi connectivity index (χ4n) is 1.28. The minimum Gasteiger partial charge on any atom is -0.259 e. The van der Waals surface area contributed by atoms with E-state index in [2.05, 4.69) is 10.2 Å². The molecule has 0 aliphatic carbocycles. The van der Waals surface area contributed by atoms with Crippen LogP contribution >= 0.6 is 0 Å². The summed E-state index contributed by atoms with van der Waals surface area (Å²) in [5, 5.41) is 4.97. The molecule has 3 nitrogen and oxygen atoms in total. The lowest BCUT2D eigenvalue weighted by molar-refractivity contribution is 0.988. The van der Waals surface area contributed by atoms with Crippen molar-refractivity contribution in [3.63, 3.8) is 0 Å². The van der Waals surface area contributed by atoms with Crippen LogP contribution < -0.4 is 0 Å². The fraction of sp³-hybridized carbons (Fsp3) is 0.100. The zero-order valence-corrected chi connectivity index (χ0v) is 6.97. The highest BCUT2D eigenvalue weighted by Gasteiger charge is 1.96. The Bertz CT molecular complexity index is 440. The van der Waals surface area contributed by atoms with Crippen molar-refractivity contribution >= 4 is 10.8 Å². The van der Waals surface area contributed by atoms with Crippen molar-refractivity contribution in [3.05, 3.63) is 47.1 Å². The molecule has 1 heterocycles. The van der Waals surface area contributed by atoms with Gasteiger partial charge in [-0.15, -0.1) is 0 Å². The summed E-state index contributed by atoms with van der Waals surface area (Å²) in [6, 6.07) is 9.78. The number of hydrogen-bond donors (Lipinski definition) is 0. The van der Waals surface area contributed by atoms with E-state index < -0.39 is 0 Å². The van der Waals surface area contributed by atoms with Crippen LogP contribution in [0.5, 0.6) is 0 Å². The Morgan fingerprint density at radius 2 is 2.00 bits per heavy atom. The summed E-state index contributed by atoms with van der Waals surface area (Å²) in [4.78, 5) is 14.1. The van der Waals surface area contributed by atoms with Gasteiger partial charge in [-0.25, -0.2) is 0 Å². The number of nitroso groups, excluding NO2 is 1. The maximum atomic E-state index is 10.0. The molecule has 0 unspecified atom stereocenters. The van der Waals surface area contributed by atoms with E-state index >= 15 is 0 Å². The molecule has 0 bridgehead atoms. The Balaban J connectivity index is 2.55. The van der Waals surface area contributed by atoms with Crippen LogP contribution in [0.1, 0.15) is 5.69 Å². The Morgan fingerprint density at radius 1 is 1.23 bits per heavy atom. The Kier molecular flexibility index (Phi) is 2.00. The highest BCUT2D eigenvalue weighted by molar-refractivity contribution is 5.81. The average Bonchev–Trinajstić information content (AvgIpc) is 2.18. The number of nitrogens with zero attached hydrogens (tertiary/aromatic N) is 2. The monoisotopic (exact) mass is 172 g/mol. The smallest absolute Gasteiger partial charge is 0.123 e. The first-order valence-corrected chi connectivity index (χ1v) is 4.03. The van der Waals surface area contributed by atoms with Crippen molar-refractivity contribution in [1.82, 2.24) is 4.98 Å². The predicted octanol–water partition coefficient (Wildman–Crippen LogP) is 2.50. The largest absolute Gasteiger partial charge is 0.259 e. The SMILES string of the molecule is O=NCc1cc2ccccc2cn1. The molecule has 0 radical (unpaired) electrons. The van der Waals surface area contributed by atoms with E-state index in [1.807, 2.05) is 30.3 Å². The summed E-state index contributed by atoms with van der Waals surface area (Å²) >= 11 is 0. The highest BCUT2D eigenvalue weighted by atomic mass is 16.3. The van der Waals surface area contributed by atoms with Crippen LogP contribution in [0, 0.1) is 4.91 Å². The number of fused-ring (bicyclic) bond motifs is 1. The third-order valence-electron chi connectivity index (χ3n) is 1.91. The first-order chi connectivity index (χ1) is 6.40. The molecule has 13 heavy (non-hydrogen) atoms. The van der Waals surface area contributed by atoms with Gasteiger partial charge in [0.05, 0.1) is 5.69 Å². The lowest BCUT2D eigenvalue weighted by Gasteiger charge is -1.97. The highest BCUT2D eigenvalue weighted by Crippen LogP contribution is 2.13. The number of aromatic nitrogens is 1. The molecule has 0 aliphatic rings. The first-order valence-electron chi connectivity index (χ1n) is 4.03. The topological polar surface area (TPSA) is 42.3 Å². The van der Waals surface area contributed by atoms with E-state index in [4.69, 9.17) is 0 Å². The van der Waals surface area contributed by atoms with Crippen LogP contribution in [0.25, 0.3) is 10.8 Å². The second-order valence-electron chi connectivity index (χ2n) is 2.81. The van der Waals surface area contributed by atoms with Gasteiger partial charge < -0.3 is 0 Å². The van der Waals surface area contributed by atoms with E-state index in [0.29, 0.717) is 5.69 Å². The van der Waals surface area contributed by atoms with Crippen LogP contribution in [0.15, 0.2) is 41.7 Å². The van der Waals surface area contributed by atoms with E-state index in [0.717, 1.165) is 10.8 Å². The molecule has 0 amide bonds. The summed E-state index contributed by atoms with van der Waals surface area (Å²) in [7, 11) is 0. The molecule has 64 valence electrons. The van der Waals surface area contributed by atoms with Crippen LogP contribution in [0.2, 0.25) is 0 Å². The van der Waals surface area contributed by atoms with E-state index in [1.165, 1.54) is 0 Å². The van der Waals surface area contributed by atoms with Crippen LogP contribution in [0.4, 0.5) is 0 Å². The van der Waals surface area contributed by atoms with Crippen LogP contribution in [-0.4, -0.2) is 4.98 Å². The third kappa shape index (κ3) is 1.54. The van der Waals surface area contributed by atoms with E-state index in [9.17, 15) is 4.91 Å². The molecule has 1 aromatic heterocycles. The van der Waals surface area contributed by atoms with Gasteiger partial charge in [0.1, 0.15) is 6.54 Å². The first kappa shape index (κ1) is 7.86. The summed E-state index contributed by atoms with van der Waals surface area (Å²) in [6.07, 6.45) is 1.76. The Hall–Kier alpha value is -1.77. The number of hydrogen-bond acceptors (Lipinski definition) is 3. The zero-order chi connectivity index (χ0) is 9.10. The fourth-order valence-corrected chi connectivity index (χ4v) is 1.28. The molecule has 3 heteroatoms. The number of rotatable bonds is 2. The maximum absolute atomic E-state index is 10.0. The van der Waals surface area contributed by atoms with Gasteiger partial charge in [0, 0.05) is 11.6 Å². The van der Waals surface area contributed by atoms with Crippen molar-refractivity contribution in [1.29, 1.82) is 0 Å². The summed E-state index contributed by atoms with van der Waals surface area (Å²) in [5.41, 5.74) is 0.716. The summed E-state index contributed by atoms with van der Waals surface area (Å²) < 4.78 is 0. The summed E-state index contributed by atoms with van der Waals surface area (Å²) in [6.45, 7) is 0.144. The molecule has 2 aromatic rings. The molecule has 2 rings (SSSR count). The zero-order valence-electron chi connectivity index (χ0n) is 6.97. The van der Waals surface area contributed by atoms with E-state index in [1.54, 1.807) is 6.20 Å². The predicted molar refractivity (Wildman–Crippen MR) is 51.2 cm³/mol. The van der Waals surface area contributed by atoms with Crippen molar-refractivity contribution in [2.24, 2.45) is 5.18 Å². The molecule has 0 aliphatic heterocycles. The Morgan fingerprint density at radius 3 is 2.77 bits per heavy atom. The molecule has 0 N–H and O–H groups in total. The van der Waals surface area contributed by atoms with Crippen molar-refractivity contribution in [2.75, 3.05) is 0 Å². The van der Waals surface area contributed by atoms with Gasteiger partial charge in [0.25, 0.3) is 0 Å². The number of pyridine rings is 1. The molecule has 0 fully saturated rings. The van der Waals surface area contributed by atoms with Gasteiger partial charge in [0.15, 0.2) is 0 Å². The molecular weight excluding hydrogens is 164 g/mol. The lowest BCUT2D eigenvalue weighted by Crippen LogP contribution is -1.86. The molecular formula is C10H8N2O. The standard InChI is InChI=1S/C10H8N2O/c13-12-7-10-5-8-3-1-2-4-9(8)6-11-10/h1-6H,7H2. The van der Waals surface area contributed by atoms with E-state index in [-0.39, 0.29) is 6.54 Å². The second-order valence-corrected chi connectivity index (χ2v) is 2.81. The van der Waals surface area contributed by atoms with Crippen LogP contribution in [-0.2, 0) is 6.54 Å². The normalized spacial score (nSPS) is 10.2. The third-order valence-corrected chi connectivity index (χ3v) is 1.91. The average molecular weight is 172 g/mol. The van der Waals surface area contributed by atoms with Gasteiger partial charge in [-0.2, -0.15) is 4.91 Å². The Labute approximate surface area is 75.4 Å². The number of benzene rings is 1. The van der Waals surface area contributed by atoms with Crippen molar-refractivity contribution in [3.8, 4) is 0 Å². The quantitative estimate of drug-likeness (QED) is 0.653. The minimum atomic E-state index is 0.144. The lowest BCUT2D eigenvalue weighted by atomic mass is 10.1. The molecule has 0 saturated carbocycles.